The van der Waals surface area contributed by atoms with Crippen molar-refractivity contribution in [2.45, 2.75) is 6.04 Å². The lowest BCUT2D eigenvalue weighted by atomic mass is 10.0. The van der Waals surface area contributed by atoms with Crippen LogP contribution in [0.2, 0.25) is 0 Å². The number of rotatable bonds is 6. The summed E-state index contributed by atoms with van der Waals surface area (Å²) in [6, 6.07) is 13.0. The molecule has 144 valence electrons. The molecule has 7 nitrogen and oxygen atoms in total. The fourth-order valence-corrected chi connectivity index (χ4v) is 2.66. The van der Waals surface area contributed by atoms with E-state index in [0.717, 1.165) is 11.6 Å². The molecule has 4 N–H and O–H groups in total. The molecular weight excluding hydrogens is 365 g/mol. The van der Waals surface area contributed by atoms with Crippen molar-refractivity contribution in [1.29, 1.82) is 0 Å². The van der Waals surface area contributed by atoms with Crippen LogP contribution in [-0.4, -0.2) is 19.0 Å². The minimum Gasteiger partial charge on any atom is -0.497 e. The van der Waals surface area contributed by atoms with Crippen LogP contribution in [0.1, 0.15) is 27.7 Å². The number of primary amides is 1. The quantitative estimate of drug-likeness (QED) is 0.606. The van der Waals surface area contributed by atoms with Gasteiger partial charge in [-0.1, -0.05) is 12.1 Å². The molecular formula is C20H18FN3O4. The highest BCUT2D eigenvalue weighted by Gasteiger charge is 2.20. The minimum atomic E-state index is -0.923. The van der Waals surface area contributed by atoms with Gasteiger partial charge in [-0.05, 0) is 48.0 Å². The van der Waals surface area contributed by atoms with Crippen molar-refractivity contribution in [3.05, 3.63) is 83.6 Å². The standard InChI is InChI=1S/C20H18FN3O4/c1-27-14-7-4-12(5-8-14)18(17-3-2-10-28-17)24-20(26)23-13-6-9-16(21)15(11-13)19(22)25/h2-11,18H,1H3,(H2,22,25)(H2,23,24,26). The Morgan fingerprint density at radius 3 is 2.50 bits per heavy atom. The molecule has 0 radical (unpaired) electrons. The predicted octanol–water partition coefficient (Wildman–Crippen LogP) is 3.44. The molecule has 8 heteroatoms. The molecule has 3 amide bonds. The molecule has 0 spiro atoms. The lowest BCUT2D eigenvalue weighted by molar-refractivity contribution is 0.0996. The largest absolute Gasteiger partial charge is 0.497 e. The molecule has 0 aliphatic rings. The molecule has 2 aromatic carbocycles. The normalized spacial score (nSPS) is 11.5. The molecule has 0 aliphatic heterocycles. The maximum atomic E-state index is 13.6. The number of hydrogen-bond donors (Lipinski definition) is 3. The Kier molecular flexibility index (Phi) is 5.59. The summed E-state index contributed by atoms with van der Waals surface area (Å²) >= 11 is 0. The molecule has 0 saturated heterocycles. The number of benzene rings is 2. The van der Waals surface area contributed by atoms with Crippen LogP contribution >= 0.6 is 0 Å². The van der Waals surface area contributed by atoms with E-state index in [0.29, 0.717) is 11.5 Å². The lowest BCUT2D eigenvalue weighted by Gasteiger charge is -2.18. The van der Waals surface area contributed by atoms with Gasteiger partial charge >= 0.3 is 6.03 Å². The monoisotopic (exact) mass is 383 g/mol. The van der Waals surface area contributed by atoms with Crippen LogP contribution in [0.25, 0.3) is 0 Å². The number of nitrogens with one attached hydrogen (secondary N) is 2. The van der Waals surface area contributed by atoms with Gasteiger partial charge < -0.3 is 25.5 Å². The fraction of sp³-hybridized carbons (Fsp3) is 0.100. The molecule has 28 heavy (non-hydrogen) atoms. The van der Waals surface area contributed by atoms with Gasteiger partial charge in [0, 0.05) is 5.69 Å². The lowest BCUT2D eigenvalue weighted by Crippen LogP contribution is -2.33. The second kappa shape index (κ2) is 8.26. The third-order valence-electron chi connectivity index (χ3n) is 4.04. The molecule has 1 unspecified atom stereocenters. The van der Waals surface area contributed by atoms with Crippen molar-refractivity contribution in [3.8, 4) is 5.75 Å². The third-order valence-corrected chi connectivity index (χ3v) is 4.04. The molecule has 3 rings (SSSR count). The molecule has 1 heterocycles. The van der Waals surface area contributed by atoms with Crippen molar-refractivity contribution in [3.63, 3.8) is 0 Å². The van der Waals surface area contributed by atoms with Gasteiger partial charge in [0.2, 0.25) is 0 Å². The van der Waals surface area contributed by atoms with Gasteiger partial charge in [0.15, 0.2) is 0 Å². The second-order valence-corrected chi connectivity index (χ2v) is 5.88. The van der Waals surface area contributed by atoms with E-state index in [1.165, 1.54) is 18.4 Å². The third kappa shape index (κ3) is 4.29. The number of carbonyl (C=O) groups is 2. The summed E-state index contributed by atoms with van der Waals surface area (Å²) in [6.45, 7) is 0. The van der Waals surface area contributed by atoms with Gasteiger partial charge in [0.05, 0.1) is 18.9 Å². The highest BCUT2D eigenvalue weighted by Crippen LogP contribution is 2.25. The highest BCUT2D eigenvalue weighted by molar-refractivity contribution is 5.96. The Balaban J connectivity index is 1.80. The van der Waals surface area contributed by atoms with Gasteiger partial charge in [-0.25, -0.2) is 9.18 Å². The van der Waals surface area contributed by atoms with Crippen molar-refractivity contribution in [2.24, 2.45) is 5.73 Å². The van der Waals surface area contributed by atoms with Crippen LogP contribution in [0.15, 0.2) is 65.3 Å². The summed E-state index contributed by atoms with van der Waals surface area (Å²) in [6.07, 6.45) is 1.50. The first-order valence-corrected chi connectivity index (χ1v) is 8.32. The van der Waals surface area contributed by atoms with Gasteiger partial charge in [-0.2, -0.15) is 0 Å². The van der Waals surface area contributed by atoms with Crippen molar-refractivity contribution in [1.82, 2.24) is 5.32 Å². The topological polar surface area (TPSA) is 107 Å². The van der Waals surface area contributed by atoms with Crippen LogP contribution < -0.4 is 21.1 Å². The minimum absolute atomic E-state index is 0.223. The summed E-state index contributed by atoms with van der Waals surface area (Å²) in [5.41, 5.74) is 5.81. The van der Waals surface area contributed by atoms with Crippen molar-refractivity contribution in [2.75, 3.05) is 12.4 Å². The zero-order chi connectivity index (χ0) is 20.1. The highest BCUT2D eigenvalue weighted by atomic mass is 19.1. The number of halogens is 1. The Morgan fingerprint density at radius 2 is 1.89 bits per heavy atom. The van der Waals surface area contributed by atoms with Crippen molar-refractivity contribution < 1.29 is 23.1 Å². The Bertz CT molecular complexity index is 972. The van der Waals surface area contributed by atoms with E-state index >= 15 is 0 Å². The Labute approximate surface area is 160 Å². The average molecular weight is 383 g/mol. The number of anilines is 1. The maximum absolute atomic E-state index is 13.6. The number of amides is 3. The van der Waals surface area contributed by atoms with E-state index in [-0.39, 0.29) is 11.3 Å². The molecule has 0 fully saturated rings. The summed E-state index contributed by atoms with van der Waals surface area (Å²) in [4.78, 5) is 23.7. The number of methoxy groups -OCH3 is 1. The van der Waals surface area contributed by atoms with Gasteiger partial charge in [-0.3, -0.25) is 4.79 Å². The number of furan rings is 1. The van der Waals surface area contributed by atoms with E-state index < -0.39 is 23.8 Å². The van der Waals surface area contributed by atoms with Crippen LogP contribution in [0, 0.1) is 5.82 Å². The van der Waals surface area contributed by atoms with E-state index in [4.69, 9.17) is 14.9 Å². The van der Waals surface area contributed by atoms with E-state index in [1.807, 2.05) is 0 Å². The number of carbonyl (C=O) groups excluding carboxylic acids is 2. The van der Waals surface area contributed by atoms with Crippen LogP contribution in [0.4, 0.5) is 14.9 Å². The summed E-state index contributed by atoms with van der Waals surface area (Å²) in [5, 5.41) is 5.35. The summed E-state index contributed by atoms with van der Waals surface area (Å²) < 4.78 is 24.2. The molecule has 0 bridgehead atoms. The molecule has 1 aromatic heterocycles. The first-order chi connectivity index (χ1) is 13.5. The van der Waals surface area contributed by atoms with Crippen LogP contribution in [0.3, 0.4) is 0 Å². The molecule has 3 aromatic rings. The summed E-state index contributed by atoms with van der Waals surface area (Å²) in [5.74, 6) is -0.479. The molecule has 1 atom stereocenters. The number of nitrogens with two attached hydrogens (primary N) is 1. The number of hydrogen-bond acceptors (Lipinski definition) is 4. The second-order valence-electron chi connectivity index (χ2n) is 5.88. The van der Waals surface area contributed by atoms with E-state index in [9.17, 15) is 14.0 Å². The van der Waals surface area contributed by atoms with Crippen LogP contribution in [0.5, 0.6) is 5.75 Å². The summed E-state index contributed by atoms with van der Waals surface area (Å²) in [7, 11) is 1.56. The predicted molar refractivity (Wildman–Crippen MR) is 101 cm³/mol. The average Bonchev–Trinajstić information content (AvgIpc) is 3.22. The van der Waals surface area contributed by atoms with Crippen molar-refractivity contribution >= 4 is 17.6 Å². The number of ether oxygens (including phenoxy) is 1. The van der Waals surface area contributed by atoms with Crippen LogP contribution in [-0.2, 0) is 0 Å². The molecule has 0 saturated carbocycles. The first-order valence-electron chi connectivity index (χ1n) is 8.32. The SMILES string of the molecule is COc1ccc(C(NC(=O)Nc2ccc(F)c(C(N)=O)c2)c2ccco2)cc1. The van der Waals surface area contributed by atoms with E-state index in [2.05, 4.69) is 10.6 Å². The zero-order valence-corrected chi connectivity index (χ0v) is 14.9. The first kappa shape index (κ1) is 19.0. The van der Waals surface area contributed by atoms with E-state index in [1.54, 1.807) is 43.5 Å². The van der Waals surface area contributed by atoms with Gasteiger partial charge in [0.25, 0.3) is 5.91 Å². The Morgan fingerprint density at radius 1 is 1.14 bits per heavy atom. The van der Waals surface area contributed by atoms with Gasteiger partial charge in [0.1, 0.15) is 23.4 Å². The maximum Gasteiger partial charge on any atom is 0.320 e. The van der Waals surface area contributed by atoms with Gasteiger partial charge in [-0.15, -0.1) is 0 Å². The number of urea groups is 1. The Hall–Kier alpha value is -3.81. The smallest absolute Gasteiger partial charge is 0.320 e. The molecule has 0 aliphatic carbocycles. The zero-order valence-electron chi connectivity index (χ0n) is 14.9. The fourth-order valence-electron chi connectivity index (χ4n) is 2.66.